The van der Waals surface area contributed by atoms with Crippen LogP contribution in [-0.2, 0) is 9.53 Å². The molecule has 24 heavy (non-hydrogen) atoms. The van der Waals surface area contributed by atoms with Gasteiger partial charge in [-0.25, -0.2) is 4.79 Å². The van der Waals surface area contributed by atoms with Crippen LogP contribution in [0, 0.1) is 0 Å². The smallest absolute Gasteiger partial charge is 0.342 e. The molecule has 1 saturated carbocycles. The van der Waals surface area contributed by atoms with Crippen molar-refractivity contribution < 1.29 is 23.8 Å². The molecule has 0 aromatic heterocycles. The molecule has 0 saturated heterocycles. The highest BCUT2D eigenvalue weighted by Crippen LogP contribution is 2.25. The molecule has 1 aliphatic carbocycles. The number of hydrogen-bond acceptors (Lipinski definition) is 5. The molecule has 0 heterocycles. The number of benzene rings is 1. The first-order valence-electron chi connectivity index (χ1n) is 8.21. The van der Waals surface area contributed by atoms with Crippen LogP contribution in [0.5, 0.6) is 11.5 Å². The molecule has 0 radical (unpaired) electrons. The van der Waals surface area contributed by atoms with E-state index in [1.54, 1.807) is 30.1 Å². The van der Waals surface area contributed by atoms with Crippen LogP contribution in [0.4, 0.5) is 0 Å². The molecule has 6 heteroatoms. The summed E-state index contributed by atoms with van der Waals surface area (Å²) >= 11 is 0. The van der Waals surface area contributed by atoms with Crippen molar-refractivity contribution in [2.45, 2.75) is 38.1 Å². The second-order valence-electron chi connectivity index (χ2n) is 5.94. The fraction of sp³-hybridized carbons (Fsp3) is 0.556. The molecule has 6 nitrogen and oxygen atoms in total. The second-order valence-corrected chi connectivity index (χ2v) is 5.94. The molecular weight excluding hydrogens is 310 g/mol. The normalized spacial score (nSPS) is 14.8. The number of amides is 1. The lowest BCUT2D eigenvalue weighted by Crippen LogP contribution is -2.40. The van der Waals surface area contributed by atoms with Gasteiger partial charge in [-0.2, -0.15) is 0 Å². The molecule has 1 aliphatic rings. The average molecular weight is 335 g/mol. The highest BCUT2D eigenvalue weighted by Gasteiger charge is 2.23. The summed E-state index contributed by atoms with van der Waals surface area (Å²) in [5, 5.41) is 0. The molecule has 0 unspecified atom stereocenters. The van der Waals surface area contributed by atoms with E-state index in [1.807, 2.05) is 0 Å². The Morgan fingerprint density at radius 3 is 2.46 bits per heavy atom. The van der Waals surface area contributed by atoms with Gasteiger partial charge in [0.25, 0.3) is 5.91 Å². The highest BCUT2D eigenvalue weighted by atomic mass is 16.5. The third-order valence-corrected chi connectivity index (χ3v) is 4.47. The Morgan fingerprint density at radius 2 is 1.83 bits per heavy atom. The van der Waals surface area contributed by atoms with Gasteiger partial charge in [0.15, 0.2) is 6.61 Å². The molecule has 0 bridgehead atoms. The molecule has 1 aromatic carbocycles. The summed E-state index contributed by atoms with van der Waals surface area (Å²) in [5.41, 5.74) is 0.270. The first-order valence-corrected chi connectivity index (χ1v) is 8.21. The molecule has 1 fully saturated rings. The van der Waals surface area contributed by atoms with Gasteiger partial charge in [-0.15, -0.1) is 0 Å². The maximum Gasteiger partial charge on any atom is 0.342 e. The zero-order chi connectivity index (χ0) is 17.5. The second kappa shape index (κ2) is 8.57. The fourth-order valence-corrected chi connectivity index (χ4v) is 2.95. The Labute approximate surface area is 142 Å². The monoisotopic (exact) mass is 335 g/mol. The summed E-state index contributed by atoms with van der Waals surface area (Å²) in [6.07, 6.45) is 5.55. The van der Waals surface area contributed by atoms with Gasteiger partial charge in [-0.05, 0) is 25.0 Å². The summed E-state index contributed by atoms with van der Waals surface area (Å²) in [6, 6.07) is 5.07. The molecule has 132 valence electrons. The lowest BCUT2D eigenvalue weighted by Gasteiger charge is -2.31. The van der Waals surface area contributed by atoms with Crippen LogP contribution >= 0.6 is 0 Å². The van der Waals surface area contributed by atoms with E-state index in [1.165, 1.54) is 20.6 Å². The summed E-state index contributed by atoms with van der Waals surface area (Å²) in [5.74, 6) is 0.173. The van der Waals surface area contributed by atoms with Gasteiger partial charge in [0.05, 0.1) is 14.2 Å². The molecular formula is C18H25NO5. The molecule has 0 spiro atoms. The number of carbonyl (C=O) groups excluding carboxylic acids is 2. The molecule has 2 rings (SSSR count). The number of ether oxygens (including phenoxy) is 3. The number of rotatable bonds is 6. The fourth-order valence-electron chi connectivity index (χ4n) is 2.95. The summed E-state index contributed by atoms with van der Waals surface area (Å²) in [7, 11) is 4.78. The van der Waals surface area contributed by atoms with Crippen molar-refractivity contribution in [2.24, 2.45) is 0 Å². The van der Waals surface area contributed by atoms with Gasteiger partial charge in [0.1, 0.15) is 17.1 Å². The van der Waals surface area contributed by atoms with Crippen LogP contribution in [0.1, 0.15) is 42.5 Å². The predicted molar refractivity (Wildman–Crippen MR) is 89.5 cm³/mol. The Morgan fingerprint density at radius 1 is 1.12 bits per heavy atom. The van der Waals surface area contributed by atoms with E-state index in [0.717, 1.165) is 25.7 Å². The SMILES string of the molecule is COc1ccc(C(=O)OCC(=O)N(C)C2CCCCC2)c(OC)c1. The molecule has 1 amide bonds. The van der Waals surface area contributed by atoms with Gasteiger partial charge >= 0.3 is 5.97 Å². The van der Waals surface area contributed by atoms with Gasteiger partial charge in [0, 0.05) is 19.2 Å². The minimum absolute atomic E-state index is 0.178. The molecule has 0 N–H and O–H groups in total. The minimum atomic E-state index is -0.583. The van der Waals surface area contributed by atoms with E-state index < -0.39 is 5.97 Å². The van der Waals surface area contributed by atoms with E-state index >= 15 is 0 Å². The maximum atomic E-state index is 12.2. The topological polar surface area (TPSA) is 65.1 Å². The van der Waals surface area contributed by atoms with Crippen LogP contribution < -0.4 is 9.47 Å². The Hall–Kier alpha value is -2.24. The van der Waals surface area contributed by atoms with Crippen molar-refractivity contribution in [2.75, 3.05) is 27.9 Å². The van der Waals surface area contributed by atoms with Crippen molar-refractivity contribution in [3.8, 4) is 11.5 Å². The maximum absolute atomic E-state index is 12.2. The quantitative estimate of drug-likeness (QED) is 0.748. The standard InChI is InChI=1S/C18H25NO5/c1-19(13-7-5-4-6-8-13)17(20)12-24-18(21)15-10-9-14(22-2)11-16(15)23-3/h9-11,13H,4-8,12H2,1-3H3. The third kappa shape index (κ3) is 4.40. The van der Waals surface area contributed by atoms with E-state index in [-0.39, 0.29) is 24.1 Å². The first kappa shape index (κ1) is 18.1. The molecule has 0 aliphatic heterocycles. The Kier molecular flexibility index (Phi) is 6.46. The van der Waals surface area contributed by atoms with Crippen molar-refractivity contribution in [3.05, 3.63) is 23.8 Å². The predicted octanol–water partition coefficient (Wildman–Crippen LogP) is 2.65. The zero-order valence-corrected chi connectivity index (χ0v) is 14.5. The zero-order valence-electron chi connectivity index (χ0n) is 14.5. The summed E-state index contributed by atoms with van der Waals surface area (Å²) in [6.45, 7) is -0.263. The van der Waals surface area contributed by atoms with E-state index in [4.69, 9.17) is 14.2 Å². The van der Waals surface area contributed by atoms with Gasteiger partial charge in [-0.3, -0.25) is 4.79 Å². The van der Waals surface area contributed by atoms with Crippen molar-refractivity contribution >= 4 is 11.9 Å². The lowest BCUT2D eigenvalue weighted by molar-refractivity contribution is -0.135. The highest BCUT2D eigenvalue weighted by molar-refractivity contribution is 5.94. The molecule has 0 atom stereocenters. The number of hydrogen-bond donors (Lipinski definition) is 0. The first-order chi connectivity index (χ1) is 11.6. The van der Waals surface area contributed by atoms with Crippen molar-refractivity contribution in [1.82, 2.24) is 4.90 Å². The average Bonchev–Trinajstić information content (AvgIpc) is 2.65. The summed E-state index contributed by atoms with van der Waals surface area (Å²) in [4.78, 5) is 26.2. The van der Waals surface area contributed by atoms with E-state index in [9.17, 15) is 9.59 Å². The lowest BCUT2D eigenvalue weighted by atomic mass is 9.94. The molecule has 1 aromatic rings. The Bertz CT molecular complexity index is 581. The number of methoxy groups -OCH3 is 2. The number of likely N-dealkylation sites (N-methyl/N-ethyl adjacent to an activating group) is 1. The number of esters is 1. The third-order valence-electron chi connectivity index (χ3n) is 4.47. The van der Waals surface area contributed by atoms with Crippen LogP contribution in [-0.4, -0.2) is 50.7 Å². The largest absolute Gasteiger partial charge is 0.497 e. The van der Waals surface area contributed by atoms with Crippen LogP contribution in [0.15, 0.2) is 18.2 Å². The van der Waals surface area contributed by atoms with Gasteiger partial charge in [0.2, 0.25) is 0 Å². The number of carbonyl (C=O) groups is 2. The number of nitrogens with zero attached hydrogens (tertiary/aromatic N) is 1. The van der Waals surface area contributed by atoms with Crippen molar-refractivity contribution in [3.63, 3.8) is 0 Å². The van der Waals surface area contributed by atoms with Crippen LogP contribution in [0.3, 0.4) is 0 Å². The van der Waals surface area contributed by atoms with Crippen molar-refractivity contribution in [1.29, 1.82) is 0 Å². The van der Waals surface area contributed by atoms with Gasteiger partial charge in [-0.1, -0.05) is 19.3 Å². The van der Waals surface area contributed by atoms with Gasteiger partial charge < -0.3 is 19.1 Å². The van der Waals surface area contributed by atoms with Crippen LogP contribution in [0.25, 0.3) is 0 Å². The van der Waals surface area contributed by atoms with E-state index in [2.05, 4.69) is 0 Å². The minimum Gasteiger partial charge on any atom is -0.497 e. The van der Waals surface area contributed by atoms with E-state index in [0.29, 0.717) is 11.5 Å². The summed E-state index contributed by atoms with van der Waals surface area (Å²) < 4.78 is 15.4. The van der Waals surface area contributed by atoms with Crippen LogP contribution in [0.2, 0.25) is 0 Å². The Balaban J connectivity index is 1.93.